The standard InChI is InChI=1S/C23H16ClF3N6O/c1-2-16(32-22-20-21(29-9-28-20)30-10-31-22)17-7-11-3-5-14(26)19(24)18(11)23(34)33(17)12-4-6-13(25)15(27)8-12/h3-10,16H,2H2,1H3,(H2,28,29,30,31,32). The van der Waals surface area contributed by atoms with Crippen molar-refractivity contribution in [2.24, 2.45) is 0 Å². The van der Waals surface area contributed by atoms with E-state index in [9.17, 15) is 18.0 Å². The molecule has 0 spiro atoms. The maximum atomic E-state index is 14.2. The Morgan fingerprint density at radius 3 is 2.62 bits per heavy atom. The van der Waals surface area contributed by atoms with Gasteiger partial charge in [0.2, 0.25) is 0 Å². The largest absolute Gasteiger partial charge is 0.360 e. The van der Waals surface area contributed by atoms with E-state index < -0.39 is 29.1 Å². The molecule has 172 valence electrons. The maximum Gasteiger partial charge on any atom is 0.264 e. The number of benzene rings is 2. The fraction of sp³-hybridized carbons (Fsp3) is 0.130. The van der Waals surface area contributed by atoms with Crippen LogP contribution < -0.4 is 10.9 Å². The predicted octanol–water partition coefficient (Wildman–Crippen LogP) is 5.29. The Labute approximate surface area is 195 Å². The molecule has 0 saturated carbocycles. The van der Waals surface area contributed by atoms with E-state index >= 15 is 0 Å². The van der Waals surface area contributed by atoms with Crippen LogP contribution in [0.5, 0.6) is 0 Å². The van der Waals surface area contributed by atoms with Gasteiger partial charge in [-0.05, 0) is 36.1 Å². The van der Waals surface area contributed by atoms with Crippen LogP contribution in [-0.4, -0.2) is 24.5 Å². The summed E-state index contributed by atoms with van der Waals surface area (Å²) in [6, 6.07) is 6.85. The minimum atomic E-state index is -1.13. The van der Waals surface area contributed by atoms with Crippen molar-refractivity contribution in [1.29, 1.82) is 0 Å². The number of anilines is 1. The summed E-state index contributed by atoms with van der Waals surface area (Å²) in [6.45, 7) is 1.88. The van der Waals surface area contributed by atoms with Gasteiger partial charge in [0.25, 0.3) is 5.56 Å². The van der Waals surface area contributed by atoms with Crippen molar-refractivity contribution in [3.63, 3.8) is 0 Å². The second-order valence-electron chi connectivity index (χ2n) is 7.56. The van der Waals surface area contributed by atoms with Crippen molar-refractivity contribution in [3.05, 3.63) is 87.6 Å². The van der Waals surface area contributed by atoms with Gasteiger partial charge in [-0.1, -0.05) is 24.6 Å². The Hall–Kier alpha value is -3.92. The average molecular weight is 485 g/mol. The number of nitrogens with zero attached hydrogens (tertiary/aromatic N) is 4. The van der Waals surface area contributed by atoms with Gasteiger partial charge >= 0.3 is 0 Å². The third-order valence-corrected chi connectivity index (χ3v) is 5.93. The molecule has 1 unspecified atom stereocenters. The lowest BCUT2D eigenvalue weighted by molar-refractivity contribution is 0.507. The number of halogens is 4. The first kappa shape index (κ1) is 21.9. The molecule has 7 nitrogen and oxygen atoms in total. The zero-order valence-corrected chi connectivity index (χ0v) is 18.4. The molecule has 0 aliphatic carbocycles. The maximum absolute atomic E-state index is 14.2. The molecule has 5 aromatic rings. The lowest BCUT2D eigenvalue weighted by Gasteiger charge is -2.23. The molecule has 0 aliphatic rings. The van der Waals surface area contributed by atoms with E-state index in [1.165, 1.54) is 35.4 Å². The molecule has 5 rings (SSSR count). The predicted molar refractivity (Wildman–Crippen MR) is 123 cm³/mol. The second-order valence-corrected chi connectivity index (χ2v) is 7.94. The molecule has 3 aromatic heterocycles. The summed E-state index contributed by atoms with van der Waals surface area (Å²) in [7, 11) is 0. The summed E-state index contributed by atoms with van der Waals surface area (Å²) in [4.78, 5) is 29.1. The lowest BCUT2D eigenvalue weighted by atomic mass is 10.0. The van der Waals surface area contributed by atoms with Crippen molar-refractivity contribution >= 4 is 39.4 Å². The van der Waals surface area contributed by atoms with E-state index in [4.69, 9.17) is 11.6 Å². The summed E-state index contributed by atoms with van der Waals surface area (Å²) in [5.41, 5.74) is 0.820. The van der Waals surface area contributed by atoms with Gasteiger partial charge in [-0.3, -0.25) is 9.36 Å². The Kier molecular flexibility index (Phi) is 5.45. The van der Waals surface area contributed by atoms with Crippen molar-refractivity contribution in [1.82, 2.24) is 24.5 Å². The van der Waals surface area contributed by atoms with Crippen molar-refractivity contribution in [3.8, 4) is 5.69 Å². The zero-order chi connectivity index (χ0) is 24.0. The van der Waals surface area contributed by atoms with Crippen LogP contribution in [0.3, 0.4) is 0 Å². The van der Waals surface area contributed by atoms with Gasteiger partial charge in [0.05, 0.1) is 28.5 Å². The highest BCUT2D eigenvalue weighted by molar-refractivity contribution is 6.35. The Morgan fingerprint density at radius 1 is 1.06 bits per heavy atom. The Balaban J connectivity index is 1.77. The number of pyridine rings is 1. The van der Waals surface area contributed by atoms with Gasteiger partial charge in [0.1, 0.15) is 17.7 Å². The van der Waals surface area contributed by atoms with E-state index in [2.05, 4.69) is 25.3 Å². The van der Waals surface area contributed by atoms with E-state index in [1.807, 2.05) is 6.92 Å². The van der Waals surface area contributed by atoms with Gasteiger partial charge < -0.3 is 10.3 Å². The topological polar surface area (TPSA) is 88.5 Å². The lowest BCUT2D eigenvalue weighted by Crippen LogP contribution is -2.27. The molecule has 2 N–H and O–H groups in total. The average Bonchev–Trinajstić information content (AvgIpc) is 3.31. The van der Waals surface area contributed by atoms with Crippen LogP contribution in [0.2, 0.25) is 5.02 Å². The van der Waals surface area contributed by atoms with Crippen molar-refractivity contribution < 1.29 is 13.2 Å². The molecular formula is C23H16ClF3N6O. The van der Waals surface area contributed by atoms with Crippen LogP contribution in [-0.2, 0) is 0 Å². The monoisotopic (exact) mass is 484 g/mol. The molecule has 3 heterocycles. The molecule has 1 atom stereocenters. The molecule has 11 heteroatoms. The fourth-order valence-electron chi connectivity index (χ4n) is 3.92. The molecule has 0 amide bonds. The molecule has 34 heavy (non-hydrogen) atoms. The van der Waals surface area contributed by atoms with Gasteiger partial charge in [-0.25, -0.2) is 28.1 Å². The van der Waals surface area contributed by atoms with Crippen LogP contribution in [0.25, 0.3) is 27.6 Å². The molecule has 2 aromatic carbocycles. The third-order valence-electron chi connectivity index (χ3n) is 5.56. The molecule has 0 aliphatic heterocycles. The second kappa shape index (κ2) is 8.45. The minimum absolute atomic E-state index is 0.0639. The van der Waals surface area contributed by atoms with E-state index in [-0.39, 0.29) is 16.1 Å². The van der Waals surface area contributed by atoms with Gasteiger partial charge in [-0.15, -0.1) is 0 Å². The summed E-state index contributed by atoms with van der Waals surface area (Å²) >= 11 is 6.13. The number of hydrogen-bond acceptors (Lipinski definition) is 5. The summed E-state index contributed by atoms with van der Waals surface area (Å²) in [5, 5.41) is 3.25. The van der Waals surface area contributed by atoms with Gasteiger partial charge in [0, 0.05) is 11.8 Å². The van der Waals surface area contributed by atoms with E-state index in [1.54, 1.807) is 6.07 Å². The first-order valence-corrected chi connectivity index (χ1v) is 10.7. The summed E-state index contributed by atoms with van der Waals surface area (Å²) in [5.74, 6) is -2.53. The number of imidazole rings is 1. The quantitative estimate of drug-likeness (QED) is 0.354. The van der Waals surface area contributed by atoms with Crippen molar-refractivity contribution in [2.45, 2.75) is 19.4 Å². The number of H-pyrrole nitrogens is 1. The van der Waals surface area contributed by atoms with Gasteiger partial charge in [0.15, 0.2) is 23.1 Å². The van der Waals surface area contributed by atoms with Crippen molar-refractivity contribution in [2.75, 3.05) is 5.32 Å². The SMILES string of the molecule is CCC(Nc1ncnc2[nH]cnc12)c1cc2ccc(F)c(Cl)c2c(=O)n1-c1ccc(F)c(F)c1. The first-order valence-electron chi connectivity index (χ1n) is 10.3. The number of nitrogens with one attached hydrogen (secondary N) is 2. The molecule has 0 fully saturated rings. The molecule has 0 saturated heterocycles. The minimum Gasteiger partial charge on any atom is -0.360 e. The normalized spacial score (nSPS) is 12.4. The number of aromatic amines is 1. The Morgan fingerprint density at radius 2 is 1.85 bits per heavy atom. The van der Waals surface area contributed by atoms with Crippen LogP contribution >= 0.6 is 11.6 Å². The number of aromatic nitrogens is 5. The molecular weight excluding hydrogens is 469 g/mol. The summed E-state index contributed by atoms with van der Waals surface area (Å²) < 4.78 is 43.2. The third kappa shape index (κ3) is 3.56. The van der Waals surface area contributed by atoms with E-state index in [0.717, 1.165) is 12.1 Å². The number of hydrogen-bond donors (Lipinski definition) is 2. The van der Waals surface area contributed by atoms with Crippen LogP contribution in [0, 0.1) is 17.5 Å². The summed E-state index contributed by atoms with van der Waals surface area (Å²) in [6.07, 6.45) is 3.32. The zero-order valence-electron chi connectivity index (χ0n) is 17.6. The number of fused-ring (bicyclic) bond motifs is 2. The van der Waals surface area contributed by atoms with E-state index in [0.29, 0.717) is 34.5 Å². The molecule has 0 radical (unpaired) electrons. The van der Waals surface area contributed by atoms with Crippen LogP contribution in [0.15, 0.2) is 53.8 Å². The smallest absolute Gasteiger partial charge is 0.264 e. The first-order chi connectivity index (χ1) is 16.4. The highest BCUT2D eigenvalue weighted by Gasteiger charge is 2.22. The fourth-order valence-corrected chi connectivity index (χ4v) is 4.18. The Bertz CT molecular complexity index is 1620. The highest BCUT2D eigenvalue weighted by Crippen LogP contribution is 2.31. The molecule has 0 bridgehead atoms. The highest BCUT2D eigenvalue weighted by atomic mass is 35.5. The van der Waals surface area contributed by atoms with Gasteiger partial charge in [-0.2, -0.15) is 0 Å². The van der Waals surface area contributed by atoms with Crippen LogP contribution in [0.1, 0.15) is 25.1 Å². The number of rotatable bonds is 5. The van der Waals surface area contributed by atoms with Crippen LogP contribution in [0.4, 0.5) is 19.0 Å².